The van der Waals surface area contributed by atoms with Crippen molar-refractivity contribution in [1.29, 1.82) is 0 Å². The predicted octanol–water partition coefficient (Wildman–Crippen LogP) is 3.89. The van der Waals surface area contributed by atoms with Crippen molar-refractivity contribution < 1.29 is 9.47 Å². The van der Waals surface area contributed by atoms with Crippen LogP contribution in [0.2, 0.25) is 0 Å². The zero-order chi connectivity index (χ0) is 18.2. The number of nitrogens with zero attached hydrogens (tertiary/aromatic N) is 3. The largest absolute Gasteiger partial charge is 0.495 e. The molecule has 0 unspecified atom stereocenters. The summed E-state index contributed by atoms with van der Waals surface area (Å²) in [6.45, 7) is 6.50. The summed E-state index contributed by atoms with van der Waals surface area (Å²) in [6, 6.07) is 5.44. The molecule has 3 aromatic heterocycles. The van der Waals surface area contributed by atoms with Crippen LogP contribution in [0.5, 0.6) is 11.6 Å². The van der Waals surface area contributed by atoms with Crippen LogP contribution in [0.15, 0.2) is 35.5 Å². The molecular weight excluding hydrogens is 336 g/mol. The van der Waals surface area contributed by atoms with Crippen LogP contribution in [0.4, 0.5) is 5.69 Å². The minimum Gasteiger partial charge on any atom is -0.495 e. The molecule has 7 heteroatoms. The van der Waals surface area contributed by atoms with Crippen molar-refractivity contribution in [1.82, 2.24) is 14.4 Å². The second-order valence-electron chi connectivity index (χ2n) is 6.62. The number of hydrogen-bond donors (Lipinski definition) is 1. The minimum absolute atomic E-state index is 0.0559. The molecule has 0 aliphatic carbocycles. The van der Waals surface area contributed by atoms with Crippen molar-refractivity contribution >= 4 is 23.1 Å². The van der Waals surface area contributed by atoms with Gasteiger partial charge < -0.3 is 15.2 Å². The number of ether oxygens (including phenoxy) is 2. The number of fused-ring (bicyclic) bond motifs is 1. The van der Waals surface area contributed by atoms with E-state index in [9.17, 15) is 0 Å². The zero-order valence-corrected chi connectivity index (χ0v) is 15.8. The monoisotopic (exact) mass is 358 g/mol. The maximum atomic E-state index is 5.97. The summed E-state index contributed by atoms with van der Waals surface area (Å²) in [5, 5.41) is 0. The highest BCUT2D eigenvalue weighted by Gasteiger charge is 2.18. The molecule has 3 aromatic rings. The van der Waals surface area contributed by atoms with Crippen molar-refractivity contribution in [3.8, 4) is 23.0 Å². The lowest BCUT2D eigenvalue weighted by Crippen LogP contribution is -2.08. The van der Waals surface area contributed by atoms with Crippen LogP contribution in [-0.2, 0) is 0 Å². The van der Waals surface area contributed by atoms with E-state index in [2.05, 4.69) is 30.7 Å². The van der Waals surface area contributed by atoms with Gasteiger partial charge in [0.25, 0.3) is 0 Å². The Hall–Kier alpha value is -2.41. The molecule has 0 fully saturated rings. The highest BCUT2D eigenvalue weighted by molar-refractivity contribution is 8.00. The fraction of sp³-hybridized carbons (Fsp3) is 0.333. The van der Waals surface area contributed by atoms with Gasteiger partial charge in [-0.15, -0.1) is 11.8 Å². The van der Waals surface area contributed by atoms with Crippen LogP contribution in [0.1, 0.15) is 20.8 Å². The highest BCUT2D eigenvalue weighted by Crippen LogP contribution is 2.39. The standard InChI is InChI=1S/C18H22N4O2S/c1-18(2,3)25-15-10-22-13(9-20-16(22)8-14(15)23-4)12-6-11(19)7-17(21-12)24-5/h6-10H,1-5H3,(H2,19,21). The number of nitrogen functional groups attached to an aromatic ring is 1. The topological polar surface area (TPSA) is 74.7 Å². The van der Waals surface area contributed by atoms with Crippen molar-refractivity contribution in [3.05, 3.63) is 30.6 Å². The Bertz CT molecular complexity index is 915. The SMILES string of the molecule is COc1cc(N)cc(-c2cnc3cc(OC)c(SC(C)(C)C)cn23)n1. The Morgan fingerprint density at radius 3 is 2.52 bits per heavy atom. The zero-order valence-electron chi connectivity index (χ0n) is 15.0. The van der Waals surface area contributed by atoms with E-state index in [1.165, 1.54) is 0 Å². The quantitative estimate of drug-likeness (QED) is 0.713. The smallest absolute Gasteiger partial charge is 0.215 e. The van der Waals surface area contributed by atoms with E-state index in [-0.39, 0.29) is 4.75 Å². The van der Waals surface area contributed by atoms with E-state index in [1.54, 1.807) is 38.2 Å². The Morgan fingerprint density at radius 2 is 1.88 bits per heavy atom. The molecule has 0 amide bonds. The summed E-state index contributed by atoms with van der Waals surface area (Å²) < 4.78 is 12.8. The Balaban J connectivity index is 2.17. The lowest BCUT2D eigenvalue weighted by molar-refractivity contribution is 0.398. The average molecular weight is 358 g/mol. The van der Waals surface area contributed by atoms with Crippen LogP contribution in [0.25, 0.3) is 17.0 Å². The third-order valence-electron chi connectivity index (χ3n) is 3.51. The molecule has 0 saturated carbocycles. The van der Waals surface area contributed by atoms with E-state index >= 15 is 0 Å². The van der Waals surface area contributed by atoms with Gasteiger partial charge in [0.05, 0.1) is 36.7 Å². The first-order valence-corrected chi connectivity index (χ1v) is 8.68. The third kappa shape index (κ3) is 3.66. The minimum atomic E-state index is 0.0559. The van der Waals surface area contributed by atoms with Gasteiger partial charge in [0.1, 0.15) is 11.4 Å². The van der Waals surface area contributed by atoms with Gasteiger partial charge in [-0.3, -0.25) is 4.40 Å². The number of hydrogen-bond acceptors (Lipinski definition) is 6. The number of methoxy groups -OCH3 is 2. The van der Waals surface area contributed by atoms with Crippen molar-refractivity contribution in [2.75, 3.05) is 20.0 Å². The number of aromatic nitrogens is 3. The number of rotatable bonds is 4. The molecule has 0 bridgehead atoms. The van der Waals surface area contributed by atoms with E-state index in [1.807, 2.05) is 22.7 Å². The van der Waals surface area contributed by atoms with Crippen LogP contribution in [0, 0.1) is 0 Å². The fourth-order valence-corrected chi connectivity index (χ4v) is 3.56. The van der Waals surface area contributed by atoms with Crippen molar-refractivity contribution in [3.63, 3.8) is 0 Å². The molecular formula is C18H22N4O2S. The summed E-state index contributed by atoms with van der Waals surface area (Å²) in [7, 11) is 3.25. The third-order valence-corrected chi connectivity index (χ3v) is 4.65. The van der Waals surface area contributed by atoms with E-state index in [4.69, 9.17) is 15.2 Å². The molecule has 3 heterocycles. The van der Waals surface area contributed by atoms with Gasteiger partial charge in [-0.25, -0.2) is 9.97 Å². The van der Waals surface area contributed by atoms with Crippen LogP contribution >= 0.6 is 11.8 Å². The summed E-state index contributed by atoms with van der Waals surface area (Å²) >= 11 is 1.74. The number of thioether (sulfide) groups is 1. The van der Waals surface area contributed by atoms with Crippen LogP contribution in [0.3, 0.4) is 0 Å². The summed E-state index contributed by atoms with van der Waals surface area (Å²) in [4.78, 5) is 10.0. The lowest BCUT2D eigenvalue weighted by atomic mass is 10.2. The number of pyridine rings is 2. The number of anilines is 1. The Morgan fingerprint density at radius 1 is 1.12 bits per heavy atom. The molecule has 2 N–H and O–H groups in total. The summed E-state index contributed by atoms with van der Waals surface area (Å²) in [6.07, 6.45) is 3.81. The fourth-order valence-electron chi connectivity index (χ4n) is 2.50. The maximum Gasteiger partial charge on any atom is 0.215 e. The molecule has 6 nitrogen and oxygen atoms in total. The number of nitrogens with two attached hydrogens (primary N) is 1. The molecule has 0 radical (unpaired) electrons. The van der Waals surface area contributed by atoms with Gasteiger partial charge in [-0.1, -0.05) is 20.8 Å². The van der Waals surface area contributed by atoms with Crippen molar-refractivity contribution in [2.24, 2.45) is 0 Å². The summed E-state index contributed by atoms with van der Waals surface area (Å²) in [5.41, 5.74) is 8.90. The van der Waals surface area contributed by atoms with Gasteiger partial charge in [-0.2, -0.15) is 0 Å². The predicted molar refractivity (Wildman–Crippen MR) is 102 cm³/mol. The molecule has 0 aliphatic rings. The number of imidazole rings is 1. The molecule has 0 aliphatic heterocycles. The first-order valence-electron chi connectivity index (χ1n) is 7.87. The first-order chi connectivity index (χ1) is 11.8. The van der Waals surface area contributed by atoms with Gasteiger partial charge in [0.2, 0.25) is 5.88 Å². The van der Waals surface area contributed by atoms with E-state index < -0.39 is 0 Å². The second kappa shape index (κ2) is 6.48. The Kier molecular flexibility index (Phi) is 4.51. The van der Waals surface area contributed by atoms with Gasteiger partial charge in [0, 0.05) is 28.8 Å². The summed E-state index contributed by atoms with van der Waals surface area (Å²) in [5.74, 6) is 1.28. The van der Waals surface area contributed by atoms with Gasteiger partial charge >= 0.3 is 0 Å². The lowest BCUT2D eigenvalue weighted by Gasteiger charge is -2.19. The average Bonchev–Trinajstić information content (AvgIpc) is 2.94. The normalized spacial score (nSPS) is 11.7. The molecule has 0 atom stereocenters. The molecule has 0 saturated heterocycles. The first kappa shape index (κ1) is 17.4. The van der Waals surface area contributed by atoms with E-state index in [0.29, 0.717) is 17.3 Å². The van der Waals surface area contributed by atoms with Gasteiger partial charge in [0.15, 0.2) is 0 Å². The molecule has 25 heavy (non-hydrogen) atoms. The molecule has 0 aromatic carbocycles. The molecule has 132 valence electrons. The van der Waals surface area contributed by atoms with Crippen molar-refractivity contribution in [2.45, 2.75) is 30.4 Å². The van der Waals surface area contributed by atoms with Crippen LogP contribution in [-0.4, -0.2) is 33.3 Å². The molecule has 0 spiro atoms. The van der Waals surface area contributed by atoms with E-state index in [0.717, 1.165) is 22.0 Å². The highest BCUT2D eigenvalue weighted by atomic mass is 32.2. The second-order valence-corrected chi connectivity index (χ2v) is 8.49. The maximum absolute atomic E-state index is 5.97. The van der Waals surface area contributed by atoms with Gasteiger partial charge in [-0.05, 0) is 6.07 Å². The Labute approximate surface area is 151 Å². The molecule has 3 rings (SSSR count). The van der Waals surface area contributed by atoms with Crippen LogP contribution < -0.4 is 15.2 Å².